The average Bonchev–Trinajstić information content (AvgIpc) is 2.43. The lowest BCUT2D eigenvalue weighted by molar-refractivity contribution is -0.142. The number of carboxylic acid groups (broad SMARTS) is 1. The fourth-order valence-electron chi connectivity index (χ4n) is 1.61. The Morgan fingerprint density at radius 2 is 2.00 bits per heavy atom. The molecule has 1 N–H and O–H groups in total. The number of amides is 1. The number of hydrogen-bond donors (Lipinski definition) is 1. The summed E-state index contributed by atoms with van der Waals surface area (Å²) in [5.41, 5.74) is -0.766. The minimum absolute atomic E-state index is 0.0514. The van der Waals surface area contributed by atoms with Crippen molar-refractivity contribution in [3.63, 3.8) is 0 Å². The zero-order valence-electron chi connectivity index (χ0n) is 12.1. The van der Waals surface area contributed by atoms with Gasteiger partial charge in [-0.05, 0) is 18.2 Å². The molecule has 0 aromatic heterocycles. The van der Waals surface area contributed by atoms with Crippen molar-refractivity contribution < 1.29 is 27.9 Å². The number of aliphatic carboxylic acids is 1. The van der Waals surface area contributed by atoms with Gasteiger partial charge in [0, 0.05) is 18.5 Å². The summed E-state index contributed by atoms with van der Waals surface area (Å²) in [6, 6.07) is 4.73. The molecule has 0 heterocycles. The van der Waals surface area contributed by atoms with E-state index in [9.17, 15) is 22.8 Å². The zero-order valence-corrected chi connectivity index (χ0v) is 12.9. The molecule has 4 nitrogen and oxygen atoms in total. The van der Waals surface area contributed by atoms with Gasteiger partial charge in [-0.2, -0.15) is 13.2 Å². The van der Waals surface area contributed by atoms with Crippen LogP contribution in [-0.4, -0.2) is 41.2 Å². The number of thioether (sulfide) groups is 1. The Balaban J connectivity index is 2.59. The highest BCUT2D eigenvalue weighted by atomic mass is 32.2. The molecular formula is C14H16F3NO3S. The molecule has 8 heteroatoms. The predicted molar refractivity (Wildman–Crippen MR) is 76.6 cm³/mol. The van der Waals surface area contributed by atoms with Crippen LogP contribution in [0, 0.1) is 5.92 Å². The number of carbonyl (C=O) groups is 2. The first-order valence-electron chi connectivity index (χ1n) is 6.38. The molecule has 1 aromatic rings. The number of hydrogen-bond acceptors (Lipinski definition) is 3. The summed E-state index contributed by atoms with van der Waals surface area (Å²) in [6.07, 6.45) is -4.42. The van der Waals surface area contributed by atoms with Crippen LogP contribution >= 0.6 is 11.8 Å². The van der Waals surface area contributed by atoms with Gasteiger partial charge in [0.1, 0.15) is 0 Å². The maximum atomic E-state index is 12.6. The van der Waals surface area contributed by atoms with E-state index in [4.69, 9.17) is 5.11 Å². The van der Waals surface area contributed by atoms with Gasteiger partial charge in [0.15, 0.2) is 0 Å². The second-order valence-corrected chi connectivity index (χ2v) is 5.88. The summed E-state index contributed by atoms with van der Waals surface area (Å²) >= 11 is 0.984. The molecule has 0 saturated carbocycles. The van der Waals surface area contributed by atoms with Gasteiger partial charge in [-0.25, -0.2) is 0 Å². The Bertz CT molecular complexity index is 548. The van der Waals surface area contributed by atoms with E-state index >= 15 is 0 Å². The van der Waals surface area contributed by atoms with Gasteiger partial charge in [-0.3, -0.25) is 9.59 Å². The maximum Gasteiger partial charge on any atom is 0.416 e. The number of carboxylic acids is 1. The van der Waals surface area contributed by atoms with Gasteiger partial charge in [0.25, 0.3) is 0 Å². The second-order valence-electron chi connectivity index (χ2n) is 4.83. The molecule has 0 aliphatic heterocycles. The van der Waals surface area contributed by atoms with E-state index < -0.39 is 23.6 Å². The molecule has 0 aliphatic carbocycles. The molecule has 1 aromatic carbocycles. The molecular weight excluding hydrogens is 319 g/mol. The smallest absolute Gasteiger partial charge is 0.416 e. The molecule has 0 fully saturated rings. The highest BCUT2D eigenvalue weighted by molar-refractivity contribution is 8.00. The quantitative estimate of drug-likeness (QED) is 0.812. The number of alkyl halides is 3. The van der Waals surface area contributed by atoms with Crippen LogP contribution in [0.4, 0.5) is 13.2 Å². The van der Waals surface area contributed by atoms with Gasteiger partial charge in [-0.1, -0.05) is 13.0 Å². The topological polar surface area (TPSA) is 57.6 Å². The number of rotatable bonds is 6. The molecule has 0 saturated heterocycles. The van der Waals surface area contributed by atoms with Crippen LogP contribution in [-0.2, 0) is 15.8 Å². The van der Waals surface area contributed by atoms with Crippen LogP contribution < -0.4 is 0 Å². The van der Waals surface area contributed by atoms with Crippen LogP contribution in [0.15, 0.2) is 29.2 Å². The lowest BCUT2D eigenvalue weighted by atomic mass is 10.2. The Labute approximate surface area is 130 Å². The van der Waals surface area contributed by atoms with E-state index in [0.717, 1.165) is 23.9 Å². The third-order valence-electron chi connectivity index (χ3n) is 2.92. The van der Waals surface area contributed by atoms with Gasteiger partial charge >= 0.3 is 12.1 Å². The first-order valence-corrected chi connectivity index (χ1v) is 7.36. The van der Waals surface area contributed by atoms with Crippen LogP contribution in [0.3, 0.4) is 0 Å². The Kier molecular flexibility index (Phi) is 6.28. The number of halogens is 3. The lowest BCUT2D eigenvalue weighted by Crippen LogP contribution is -2.34. The van der Waals surface area contributed by atoms with Crippen LogP contribution in [0.1, 0.15) is 12.5 Å². The van der Waals surface area contributed by atoms with Crippen molar-refractivity contribution in [1.82, 2.24) is 4.90 Å². The molecule has 22 heavy (non-hydrogen) atoms. The van der Waals surface area contributed by atoms with E-state index in [1.54, 1.807) is 0 Å². The first kappa shape index (κ1) is 18.3. The summed E-state index contributed by atoms with van der Waals surface area (Å²) in [7, 11) is 1.47. The molecule has 0 spiro atoms. The zero-order chi connectivity index (χ0) is 16.9. The Morgan fingerprint density at radius 3 is 2.55 bits per heavy atom. The monoisotopic (exact) mass is 335 g/mol. The summed E-state index contributed by atoms with van der Waals surface area (Å²) in [5.74, 6) is -2.10. The van der Waals surface area contributed by atoms with Crippen molar-refractivity contribution in [2.75, 3.05) is 19.3 Å². The van der Waals surface area contributed by atoms with Gasteiger partial charge in [0.05, 0.1) is 17.2 Å². The molecule has 122 valence electrons. The highest BCUT2D eigenvalue weighted by Crippen LogP contribution is 2.31. The van der Waals surface area contributed by atoms with Crippen molar-refractivity contribution >= 4 is 23.6 Å². The standard InChI is InChI=1S/C14H16F3NO3S/c1-9(13(20)21)7-18(2)12(19)8-22-11-5-3-4-10(6-11)14(15,16)17/h3-6,9H,7-8H2,1-2H3,(H,20,21). The largest absolute Gasteiger partial charge is 0.481 e. The SMILES string of the molecule is CC(CN(C)C(=O)CSc1cccc(C(F)(F)F)c1)C(=O)O. The molecule has 1 amide bonds. The third-order valence-corrected chi connectivity index (χ3v) is 3.90. The third kappa shape index (κ3) is 5.59. The van der Waals surface area contributed by atoms with Crippen molar-refractivity contribution in [3.8, 4) is 0 Å². The lowest BCUT2D eigenvalue weighted by Gasteiger charge is -2.19. The fourth-order valence-corrected chi connectivity index (χ4v) is 2.50. The molecule has 1 unspecified atom stereocenters. The predicted octanol–water partition coefficient (Wildman–Crippen LogP) is 2.98. The Morgan fingerprint density at radius 1 is 1.36 bits per heavy atom. The van der Waals surface area contributed by atoms with Gasteiger partial charge < -0.3 is 10.0 Å². The summed E-state index contributed by atoms with van der Waals surface area (Å²) in [6.45, 7) is 1.53. The van der Waals surface area contributed by atoms with E-state index in [0.29, 0.717) is 4.90 Å². The van der Waals surface area contributed by atoms with Crippen LogP contribution in [0.25, 0.3) is 0 Å². The van der Waals surface area contributed by atoms with E-state index in [2.05, 4.69) is 0 Å². The number of benzene rings is 1. The van der Waals surface area contributed by atoms with Gasteiger partial charge in [0.2, 0.25) is 5.91 Å². The van der Waals surface area contributed by atoms with Crippen LogP contribution in [0.2, 0.25) is 0 Å². The van der Waals surface area contributed by atoms with Crippen molar-refractivity contribution in [3.05, 3.63) is 29.8 Å². The molecule has 1 rings (SSSR count). The first-order chi connectivity index (χ1) is 10.1. The Hall–Kier alpha value is -1.70. The summed E-state index contributed by atoms with van der Waals surface area (Å²) in [4.78, 5) is 24.2. The van der Waals surface area contributed by atoms with Crippen molar-refractivity contribution in [1.29, 1.82) is 0 Å². The summed E-state index contributed by atoms with van der Waals surface area (Å²) < 4.78 is 37.7. The van der Waals surface area contributed by atoms with E-state index in [1.807, 2.05) is 0 Å². The van der Waals surface area contributed by atoms with E-state index in [-0.39, 0.29) is 18.2 Å². The molecule has 1 atom stereocenters. The molecule has 0 bridgehead atoms. The minimum atomic E-state index is -4.42. The number of nitrogens with zero attached hydrogens (tertiary/aromatic N) is 1. The molecule has 0 aliphatic rings. The minimum Gasteiger partial charge on any atom is -0.481 e. The maximum absolute atomic E-state index is 12.6. The summed E-state index contributed by atoms with van der Waals surface area (Å²) in [5, 5.41) is 8.78. The molecule has 0 radical (unpaired) electrons. The number of carbonyl (C=O) groups excluding carboxylic acids is 1. The second kappa shape index (κ2) is 7.53. The normalized spacial score (nSPS) is 12.8. The van der Waals surface area contributed by atoms with Crippen molar-refractivity contribution in [2.24, 2.45) is 5.92 Å². The van der Waals surface area contributed by atoms with E-state index in [1.165, 1.54) is 31.0 Å². The van der Waals surface area contributed by atoms with Crippen LogP contribution in [0.5, 0.6) is 0 Å². The van der Waals surface area contributed by atoms with Gasteiger partial charge in [-0.15, -0.1) is 11.8 Å². The fraction of sp³-hybridized carbons (Fsp3) is 0.429. The average molecular weight is 335 g/mol. The highest BCUT2D eigenvalue weighted by Gasteiger charge is 2.30. The van der Waals surface area contributed by atoms with Crippen molar-refractivity contribution in [2.45, 2.75) is 18.0 Å².